The first-order chi connectivity index (χ1) is 8.72. The molecule has 0 aliphatic heterocycles. The molecule has 1 unspecified atom stereocenters. The van der Waals surface area contributed by atoms with Gasteiger partial charge in [0.2, 0.25) is 11.8 Å². The van der Waals surface area contributed by atoms with Crippen molar-refractivity contribution in [2.45, 2.75) is 33.8 Å². The molecule has 0 heterocycles. The number of aliphatic hydroxyl groups is 1. The molecule has 0 aliphatic carbocycles. The normalized spacial score (nSPS) is 11.3. The smallest absolute Gasteiger partial charge is 0.246 e. The standard InChI is InChI=1S/C14H24N2O3/c1-10(2)6-13(18)15-8-12(17)9-16(5)14(19)7-11(3)4/h6-7,12,17H,8-9H2,1-5H3,(H,15,18). The number of hydrogen-bond acceptors (Lipinski definition) is 3. The van der Waals surface area contributed by atoms with E-state index in [1.807, 2.05) is 27.7 Å². The maximum absolute atomic E-state index is 11.6. The minimum Gasteiger partial charge on any atom is -0.389 e. The van der Waals surface area contributed by atoms with Gasteiger partial charge in [-0.05, 0) is 27.7 Å². The van der Waals surface area contributed by atoms with Crippen LogP contribution >= 0.6 is 0 Å². The SMILES string of the molecule is CC(C)=CC(=O)NCC(O)CN(C)C(=O)C=C(C)C. The van der Waals surface area contributed by atoms with E-state index in [2.05, 4.69) is 5.32 Å². The van der Waals surface area contributed by atoms with Crippen molar-refractivity contribution >= 4 is 11.8 Å². The number of carbonyl (C=O) groups is 2. The Bertz CT molecular complexity index is 378. The summed E-state index contributed by atoms with van der Waals surface area (Å²) in [5.41, 5.74) is 1.80. The number of likely N-dealkylation sites (N-methyl/N-ethyl adjacent to an activating group) is 1. The van der Waals surface area contributed by atoms with Crippen molar-refractivity contribution in [2.75, 3.05) is 20.1 Å². The lowest BCUT2D eigenvalue weighted by molar-refractivity contribution is -0.126. The van der Waals surface area contributed by atoms with E-state index in [0.29, 0.717) is 0 Å². The molecule has 0 saturated heterocycles. The maximum Gasteiger partial charge on any atom is 0.246 e. The van der Waals surface area contributed by atoms with Gasteiger partial charge in [0.15, 0.2) is 0 Å². The summed E-state index contributed by atoms with van der Waals surface area (Å²) in [4.78, 5) is 24.4. The third-order valence-corrected chi connectivity index (χ3v) is 2.20. The van der Waals surface area contributed by atoms with Crippen LogP contribution < -0.4 is 5.32 Å². The summed E-state index contributed by atoms with van der Waals surface area (Å²) in [6.07, 6.45) is 2.19. The maximum atomic E-state index is 11.6. The first kappa shape index (κ1) is 17.4. The Kier molecular flexibility index (Phi) is 7.75. The molecule has 0 saturated carbocycles. The fraction of sp³-hybridized carbons (Fsp3) is 0.571. The van der Waals surface area contributed by atoms with E-state index in [4.69, 9.17) is 0 Å². The van der Waals surface area contributed by atoms with Crippen LogP contribution in [0.1, 0.15) is 27.7 Å². The van der Waals surface area contributed by atoms with Crippen LogP contribution in [0, 0.1) is 0 Å². The molecule has 5 nitrogen and oxygen atoms in total. The lowest BCUT2D eigenvalue weighted by atomic mass is 10.2. The van der Waals surface area contributed by atoms with Crippen molar-refractivity contribution in [1.82, 2.24) is 10.2 Å². The average molecular weight is 268 g/mol. The number of hydrogen-bond donors (Lipinski definition) is 2. The van der Waals surface area contributed by atoms with E-state index < -0.39 is 6.10 Å². The molecule has 0 aromatic rings. The molecule has 108 valence electrons. The Balaban J connectivity index is 4.15. The van der Waals surface area contributed by atoms with Gasteiger partial charge in [0.25, 0.3) is 0 Å². The largest absolute Gasteiger partial charge is 0.389 e. The first-order valence-corrected chi connectivity index (χ1v) is 6.23. The van der Waals surface area contributed by atoms with Gasteiger partial charge in [0.05, 0.1) is 6.10 Å². The highest BCUT2D eigenvalue weighted by Crippen LogP contribution is 1.96. The molecule has 5 heteroatoms. The second-order valence-corrected chi connectivity index (χ2v) is 5.06. The Labute approximate surface area is 115 Å². The van der Waals surface area contributed by atoms with Crippen LogP contribution in [0.5, 0.6) is 0 Å². The quantitative estimate of drug-likeness (QED) is 0.702. The van der Waals surface area contributed by atoms with Crippen LogP contribution in [0.15, 0.2) is 23.3 Å². The van der Waals surface area contributed by atoms with Gasteiger partial charge in [-0.25, -0.2) is 0 Å². The highest BCUT2D eigenvalue weighted by Gasteiger charge is 2.12. The molecule has 0 bridgehead atoms. The Hall–Kier alpha value is -1.62. The lowest BCUT2D eigenvalue weighted by Gasteiger charge is -2.19. The van der Waals surface area contributed by atoms with E-state index in [1.165, 1.54) is 17.1 Å². The second kappa shape index (κ2) is 8.48. The molecular formula is C14H24N2O3. The number of carbonyl (C=O) groups excluding carboxylic acids is 2. The van der Waals surface area contributed by atoms with Crippen LogP contribution in [-0.2, 0) is 9.59 Å². The fourth-order valence-corrected chi connectivity index (χ4v) is 1.36. The van der Waals surface area contributed by atoms with E-state index in [-0.39, 0.29) is 24.9 Å². The lowest BCUT2D eigenvalue weighted by Crippen LogP contribution is -2.40. The van der Waals surface area contributed by atoms with Gasteiger partial charge in [-0.3, -0.25) is 9.59 Å². The van der Waals surface area contributed by atoms with E-state index in [9.17, 15) is 14.7 Å². The van der Waals surface area contributed by atoms with Gasteiger partial charge in [0, 0.05) is 32.3 Å². The molecule has 0 aromatic carbocycles. The molecule has 19 heavy (non-hydrogen) atoms. The van der Waals surface area contributed by atoms with Gasteiger partial charge in [-0.1, -0.05) is 11.1 Å². The minimum atomic E-state index is -0.783. The number of allylic oxidation sites excluding steroid dienone is 2. The van der Waals surface area contributed by atoms with Gasteiger partial charge in [-0.15, -0.1) is 0 Å². The highest BCUT2D eigenvalue weighted by molar-refractivity contribution is 5.88. The zero-order valence-corrected chi connectivity index (χ0v) is 12.4. The van der Waals surface area contributed by atoms with Crippen LogP contribution in [0.2, 0.25) is 0 Å². The zero-order valence-electron chi connectivity index (χ0n) is 12.4. The predicted molar refractivity (Wildman–Crippen MR) is 75.5 cm³/mol. The minimum absolute atomic E-state index is 0.120. The summed E-state index contributed by atoms with van der Waals surface area (Å²) in [5.74, 6) is -0.396. The van der Waals surface area contributed by atoms with Gasteiger partial charge >= 0.3 is 0 Å². The molecule has 2 amide bonds. The Morgan fingerprint density at radius 3 is 2.16 bits per heavy atom. The van der Waals surface area contributed by atoms with Gasteiger partial charge in [-0.2, -0.15) is 0 Å². The summed E-state index contributed by atoms with van der Waals surface area (Å²) in [7, 11) is 1.61. The van der Waals surface area contributed by atoms with Crippen LogP contribution in [0.3, 0.4) is 0 Å². The second-order valence-electron chi connectivity index (χ2n) is 5.06. The molecule has 0 aliphatic rings. The number of nitrogens with zero attached hydrogens (tertiary/aromatic N) is 1. The van der Waals surface area contributed by atoms with Gasteiger partial charge < -0.3 is 15.3 Å². The molecule has 2 N–H and O–H groups in total. The predicted octanol–water partition coefficient (Wildman–Crippen LogP) is 0.854. The molecular weight excluding hydrogens is 244 g/mol. The summed E-state index contributed by atoms with van der Waals surface area (Å²) in [6.45, 7) is 7.61. The summed E-state index contributed by atoms with van der Waals surface area (Å²) in [6, 6.07) is 0. The topological polar surface area (TPSA) is 69.6 Å². The molecule has 1 atom stereocenters. The van der Waals surface area contributed by atoms with Crippen molar-refractivity contribution in [1.29, 1.82) is 0 Å². The molecule has 0 aromatic heterocycles. The molecule has 0 spiro atoms. The monoisotopic (exact) mass is 268 g/mol. The van der Waals surface area contributed by atoms with Crippen molar-refractivity contribution in [3.05, 3.63) is 23.3 Å². The number of amides is 2. The van der Waals surface area contributed by atoms with E-state index in [1.54, 1.807) is 7.05 Å². The first-order valence-electron chi connectivity index (χ1n) is 6.23. The van der Waals surface area contributed by atoms with Crippen molar-refractivity contribution < 1.29 is 14.7 Å². The number of aliphatic hydroxyl groups excluding tert-OH is 1. The summed E-state index contributed by atoms with van der Waals surface area (Å²) < 4.78 is 0. The Morgan fingerprint density at radius 2 is 1.68 bits per heavy atom. The van der Waals surface area contributed by atoms with Crippen LogP contribution in [0.4, 0.5) is 0 Å². The number of rotatable bonds is 6. The highest BCUT2D eigenvalue weighted by atomic mass is 16.3. The van der Waals surface area contributed by atoms with Crippen LogP contribution in [-0.4, -0.2) is 48.1 Å². The molecule has 0 rings (SSSR count). The van der Waals surface area contributed by atoms with Crippen molar-refractivity contribution in [3.8, 4) is 0 Å². The third kappa shape index (κ3) is 9.02. The Morgan fingerprint density at radius 1 is 1.16 bits per heavy atom. The fourth-order valence-electron chi connectivity index (χ4n) is 1.36. The van der Waals surface area contributed by atoms with E-state index in [0.717, 1.165) is 11.1 Å². The summed E-state index contributed by atoms with van der Waals surface area (Å²) >= 11 is 0. The average Bonchev–Trinajstić information content (AvgIpc) is 2.24. The van der Waals surface area contributed by atoms with Gasteiger partial charge in [0.1, 0.15) is 0 Å². The molecule has 0 fully saturated rings. The third-order valence-electron chi connectivity index (χ3n) is 2.20. The zero-order chi connectivity index (χ0) is 15.0. The number of nitrogens with one attached hydrogen (secondary N) is 1. The van der Waals surface area contributed by atoms with Crippen LogP contribution in [0.25, 0.3) is 0 Å². The van der Waals surface area contributed by atoms with Crippen molar-refractivity contribution in [2.24, 2.45) is 0 Å². The van der Waals surface area contributed by atoms with E-state index >= 15 is 0 Å². The van der Waals surface area contributed by atoms with Crippen molar-refractivity contribution in [3.63, 3.8) is 0 Å². The summed E-state index contributed by atoms with van der Waals surface area (Å²) in [5, 5.41) is 12.3. The molecule has 0 radical (unpaired) electrons.